The lowest BCUT2D eigenvalue weighted by atomic mass is 9.76. The third kappa shape index (κ3) is 3.01. The van der Waals surface area contributed by atoms with Crippen molar-refractivity contribution in [1.82, 2.24) is 0 Å². The van der Waals surface area contributed by atoms with E-state index in [4.69, 9.17) is 9.47 Å². The van der Waals surface area contributed by atoms with E-state index in [1.165, 1.54) is 27.9 Å². The first-order valence-electron chi connectivity index (χ1n) is 10.1. The van der Waals surface area contributed by atoms with Gasteiger partial charge in [-0.2, -0.15) is 0 Å². The molecule has 5 rings (SSSR count). The zero-order valence-corrected chi connectivity index (χ0v) is 18.3. The maximum Gasteiger partial charge on any atom is 0.122 e. The van der Waals surface area contributed by atoms with Crippen LogP contribution in [0.3, 0.4) is 0 Å². The van der Waals surface area contributed by atoms with Gasteiger partial charge < -0.3 is 14.4 Å². The Bertz CT molecular complexity index is 1060. The Labute approximate surface area is 180 Å². The lowest BCUT2D eigenvalue weighted by Gasteiger charge is -2.48. The van der Waals surface area contributed by atoms with Gasteiger partial charge in [0.2, 0.25) is 0 Å². The molecular weight excluding hydrogens is 426 g/mol. The summed E-state index contributed by atoms with van der Waals surface area (Å²) in [5.41, 5.74) is 6.26. The summed E-state index contributed by atoms with van der Waals surface area (Å²) in [6.07, 6.45) is 1.98. The quantitative estimate of drug-likeness (QED) is 0.510. The number of methoxy groups -OCH3 is 1. The van der Waals surface area contributed by atoms with Crippen LogP contribution < -0.4 is 14.4 Å². The van der Waals surface area contributed by atoms with Gasteiger partial charge in [0.25, 0.3) is 0 Å². The summed E-state index contributed by atoms with van der Waals surface area (Å²) in [6, 6.07) is 21.9. The number of rotatable bonds is 3. The Hall–Kier alpha value is -2.46. The molecular formula is C25H24BrNO2. The molecule has 0 radical (unpaired) electrons. The van der Waals surface area contributed by atoms with Gasteiger partial charge in [-0.25, -0.2) is 0 Å². The van der Waals surface area contributed by atoms with Crippen molar-refractivity contribution in [2.24, 2.45) is 0 Å². The van der Waals surface area contributed by atoms with E-state index in [1.54, 1.807) is 7.11 Å². The highest BCUT2D eigenvalue weighted by Crippen LogP contribution is 2.45. The summed E-state index contributed by atoms with van der Waals surface area (Å²) in [5, 5.41) is 0. The Morgan fingerprint density at radius 1 is 0.966 bits per heavy atom. The van der Waals surface area contributed by atoms with E-state index in [9.17, 15) is 0 Å². The molecule has 3 nitrogen and oxygen atoms in total. The predicted molar refractivity (Wildman–Crippen MR) is 120 cm³/mol. The van der Waals surface area contributed by atoms with Gasteiger partial charge >= 0.3 is 0 Å². The summed E-state index contributed by atoms with van der Waals surface area (Å²) in [4.78, 5) is 2.55. The molecule has 2 aliphatic rings. The average molecular weight is 450 g/mol. The van der Waals surface area contributed by atoms with Gasteiger partial charge in [-0.3, -0.25) is 0 Å². The Morgan fingerprint density at radius 2 is 1.79 bits per heavy atom. The summed E-state index contributed by atoms with van der Waals surface area (Å²) >= 11 is 3.59. The molecule has 3 aromatic rings. The Kier molecular flexibility index (Phi) is 4.54. The largest absolute Gasteiger partial charge is 0.497 e. The van der Waals surface area contributed by atoms with E-state index in [0.29, 0.717) is 0 Å². The smallest absolute Gasteiger partial charge is 0.122 e. The fourth-order valence-electron chi connectivity index (χ4n) is 4.79. The van der Waals surface area contributed by atoms with Crippen molar-refractivity contribution in [3.8, 4) is 11.5 Å². The van der Waals surface area contributed by atoms with Crippen LogP contribution >= 0.6 is 15.9 Å². The molecule has 0 amide bonds. The van der Waals surface area contributed by atoms with Crippen LogP contribution in [0.1, 0.15) is 29.2 Å². The number of halogens is 1. The molecule has 1 unspecified atom stereocenters. The summed E-state index contributed by atoms with van der Waals surface area (Å²) in [5.74, 6) is 1.95. The van der Waals surface area contributed by atoms with Crippen LogP contribution in [-0.4, -0.2) is 20.3 Å². The molecule has 0 aromatic heterocycles. The zero-order valence-electron chi connectivity index (χ0n) is 16.7. The summed E-state index contributed by atoms with van der Waals surface area (Å²) in [6.45, 7) is 4.07. The first-order valence-corrected chi connectivity index (χ1v) is 10.9. The number of benzene rings is 3. The van der Waals surface area contributed by atoms with Crippen LogP contribution in [0.5, 0.6) is 11.5 Å². The molecule has 0 spiro atoms. The minimum atomic E-state index is -0.270. The molecule has 0 aliphatic carbocycles. The van der Waals surface area contributed by atoms with Crippen LogP contribution in [0.25, 0.3) is 0 Å². The van der Waals surface area contributed by atoms with Crippen molar-refractivity contribution >= 4 is 21.6 Å². The first-order chi connectivity index (χ1) is 14.1. The number of nitrogens with zero attached hydrogens (tertiary/aromatic N) is 1. The number of fused-ring (bicyclic) bond motifs is 2. The molecule has 0 bridgehead atoms. The Morgan fingerprint density at radius 3 is 2.59 bits per heavy atom. The molecule has 4 heteroatoms. The second kappa shape index (κ2) is 7.10. The number of hydrogen-bond acceptors (Lipinski definition) is 3. The van der Waals surface area contributed by atoms with E-state index in [0.717, 1.165) is 42.0 Å². The lowest BCUT2D eigenvalue weighted by molar-refractivity contribution is 0.357. The van der Waals surface area contributed by atoms with E-state index < -0.39 is 0 Å². The van der Waals surface area contributed by atoms with E-state index >= 15 is 0 Å². The molecule has 0 saturated heterocycles. The van der Waals surface area contributed by atoms with E-state index in [-0.39, 0.29) is 5.54 Å². The summed E-state index contributed by atoms with van der Waals surface area (Å²) in [7, 11) is 1.73. The highest BCUT2D eigenvalue weighted by Gasteiger charge is 2.40. The van der Waals surface area contributed by atoms with Crippen molar-refractivity contribution in [3.63, 3.8) is 0 Å². The van der Waals surface area contributed by atoms with Crippen LogP contribution in [0.4, 0.5) is 5.69 Å². The minimum absolute atomic E-state index is 0.270. The molecule has 2 heterocycles. The molecule has 0 N–H and O–H groups in total. The monoisotopic (exact) mass is 449 g/mol. The maximum atomic E-state index is 5.73. The normalized spacial score (nSPS) is 20.0. The van der Waals surface area contributed by atoms with Crippen molar-refractivity contribution in [2.45, 2.75) is 25.3 Å². The van der Waals surface area contributed by atoms with Gasteiger partial charge in [-0.1, -0.05) is 34.1 Å². The van der Waals surface area contributed by atoms with Gasteiger partial charge in [-0.05, 0) is 78.1 Å². The number of hydrogen-bond donors (Lipinski definition) is 0. The molecule has 29 heavy (non-hydrogen) atoms. The van der Waals surface area contributed by atoms with Gasteiger partial charge in [0.05, 0.1) is 19.3 Å². The number of ether oxygens (including phenoxy) is 2. The average Bonchev–Trinajstić information content (AvgIpc) is 3.22. The molecule has 2 aliphatic heterocycles. The third-order valence-electron chi connectivity index (χ3n) is 6.37. The van der Waals surface area contributed by atoms with Gasteiger partial charge in [-0.15, -0.1) is 0 Å². The second-order valence-electron chi connectivity index (χ2n) is 7.89. The molecule has 0 fully saturated rings. The van der Waals surface area contributed by atoms with E-state index in [1.807, 2.05) is 0 Å². The highest BCUT2D eigenvalue weighted by molar-refractivity contribution is 9.10. The topological polar surface area (TPSA) is 21.7 Å². The van der Waals surface area contributed by atoms with Gasteiger partial charge in [0.15, 0.2) is 0 Å². The molecule has 1 atom stereocenters. The molecule has 148 valence electrons. The van der Waals surface area contributed by atoms with Crippen LogP contribution in [0.2, 0.25) is 0 Å². The standard InChI is InChI=1S/C25H24BrNO2/c1-25(19-3-5-20(26)6-4-19)23-9-8-22(28-2)16-17(23)11-13-27(25)21-7-10-24-18(15-21)12-14-29-24/h3-10,15-16H,11-14H2,1-2H3. The van der Waals surface area contributed by atoms with Gasteiger partial charge in [0.1, 0.15) is 11.5 Å². The second-order valence-corrected chi connectivity index (χ2v) is 8.81. The molecule has 3 aromatic carbocycles. The predicted octanol–water partition coefficient (Wildman–Crippen LogP) is 5.72. The first kappa shape index (κ1) is 18.6. The van der Waals surface area contributed by atoms with E-state index in [2.05, 4.69) is 88.4 Å². The fourth-order valence-corrected chi connectivity index (χ4v) is 5.06. The van der Waals surface area contributed by atoms with Crippen molar-refractivity contribution in [1.29, 1.82) is 0 Å². The Balaban J connectivity index is 1.68. The van der Waals surface area contributed by atoms with Crippen LogP contribution in [-0.2, 0) is 18.4 Å². The molecule has 0 saturated carbocycles. The van der Waals surface area contributed by atoms with Crippen molar-refractivity contribution in [2.75, 3.05) is 25.2 Å². The highest BCUT2D eigenvalue weighted by atomic mass is 79.9. The SMILES string of the molecule is COc1ccc2c(c1)CCN(c1ccc3c(c1)CCO3)C2(C)c1ccc(Br)cc1. The lowest BCUT2D eigenvalue weighted by Crippen LogP contribution is -2.49. The van der Waals surface area contributed by atoms with Crippen molar-refractivity contribution < 1.29 is 9.47 Å². The number of anilines is 1. The van der Waals surface area contributed by atoms with Crippen LogP contribution in [0.15, 0.2) is 65.1 Å². The zero-order chi connectivity index (χ0) is 20.0. The third-order valence-corrected chi connectivity index (χ3v) is 6.90. The fraction of sp³-hybridized carbons (Fsp3) is 0.280. The minimum Gasteiger partial charge on any atom is -0.497 e. The van der Waals surface area contributed by atoms with Crippen LogP contribution in [0, 0.1) is 0 Å². The maximum absolute atomic E-state index is 5.73. The summed E-state index contributed by atoms with van der Waals surface area (Å²) < 4.78 is 12.3. The van der Waals surface area contributed by atoms with Crippen molar-refractivity contribution in [3.05, 3.63) is 87.4 Å². The van der Waals surface area contributed by atoms with Gasteiger partial charge in [0, 0.05) is 23.1 Å².